The normalized spacial score (nSPS) is 22.1. The number of carbonyl (C=O) groups is 2. The molecule has 3 heterocycles. The first kappa shape index (κ1) is 20.5. The average molecular weight is 390 g/mol. The Balaban J connectivity index is 1.75. The van der Waals surface area contributed by atoms with Crippen LogP contribution in [0.15, 0.2) is 18.3 Å². The van der Waals surface area contributed by atoms with Gasteiger partial charge in [-0.05, 0) is 58.2 Å². The van der Waals surface area contributed by atoms with E-state index < -0.39 is 5.91 Å². The van der Waals surface area contributed by atoms with Crippen LogP contribution in [0.2, 0.25) is 0 Å². The van der Waals surface area contributed by atoms with Gasteiger partial charge < -0.3 is 20.7 Å². The third kappa shape index (κ3) is 4.99. The number of nitrogens with two attached hydrogens (primary N) is 1. The molecule has 2 fully saturated rings. The van der Waals surface area contributed by atoms with Crippen LogP contribution in [0.1, 0.15) is 43.5 Å². The summed E-state index contributed by atoms with van der Waals surface area (Å²) < 4.78 is 5.55. The standard InChI is InChI=1S/C20H31N5O3/c1-14(2)24-10-3-11-25(17(13-24)15-6-8-22-9-7-15)20(27)28-18-5-4-16(12-23-18)19(21)26/h4-5,12,14-15,17,22H,3,6-11,13H2,1-2H3,(H2,21,26). The van der Waals surface area contributed by atoms with E-state index in [9.17, 15) is 9.59 Å². The van der Waals surface area contributed by atoms with Crippen LogP contribution in [0.3, 0.4) is 0 Å². The molecular formula is C20H31N5O3. The number of ether oxygens (including phenoxy) is 1. The highest BCUT2D eigenvalue weighted by Crippen LogP contribution is 2.26. The Morgan fingerprint density at radius 3 is 2.61 bits per heavy atom. The van der Waals surface area contributed by atoms with E-state index >= 15 is 0 Å². The van der Waals surface area contributed by atoms with Crippen LogP contribution in [-0.2, 0) is 0 Å². The van der Waals surface area contributed by atoms with Crippen molar-refractivity contribution in [1.29, 1.82) is 0 Å². The fraction of sp³-hybridized carbons (Fsp3) is 0.650. The molecule has 2 saturated heterocycles. The van der Waals surface area contributed by atoms with Crippen molar-refractivity contribution in [2.75, 3.05) is 32.7 Å². The number of hydrogen-bond donors (Lipinski definition) is 2. The maximum Gasteiger partial charge on any atom is 0.416 e. The Morgan fingerprint density at radius 1 is 1.25 bits per heavy atom. The van der Waals surface area contributed by atoms with Crippen LogP contribution in [-0.4, -0.2) is 71.6 Å². The van der Waals surface area contributed by atoms with Crippen molar-refractivity contribution in [3.63, 3.8) is 0 Å². The lowest BCUT2D eigenvalue weighted by Crippen LogP contribution is -2.52. The molecule has 28 heavy (non-hydrogen) atoms. The summed E-state index contributed by atoms with van der Waals surface area (Å²) in [7, 11) is 0. The minimum atomic E-state index is -0.558. The van der Waals surface area contributed by atoms with Crippen molar-refractivity contribution in [2.24, 2.45) is 11.7 Å². The van der Waals surface area contributed by atoms with Crippen LogP contribution in [0.25, 0.3) is 0 Å². The Bertz CT molecular complexity index is 673. The zero-order chi connectivity index (χ0) is 20.1. The summed E-state index contributed by atoms with van der Waals surface area (Å²) in [5.41, 5.74) is 5.52. The van der Waals surface area contributed by atoms with Crippen LogP contribution in [0.5, 0.6) is 5.88 Å². The Kier molecular flexibility index (Phi) is 6.85. The maximum absolute atomic E-state index is 13.0. The highest BCUT2D eigenvalue weighted by molar-refractivity contribution is 5.92. The van der Waals surface area contributed by atoms with Gasteiger partial charge >= 0.3 is 6.09 Å². The van der Waals surface area contributed by atoms with Gasteiger partial charge in [-0.2, -0.15) is 0 Å². The fourth-order valence-corrected chi connectivity index (χ4v) is 4.10. The molecule has 2 aliphatic rings. The second kappa shape index (κ2) is 9.34. The molecule has 1 unspecified atom stereocenters. The second-order valence-corrected chi connectivity index (χ2v) is 7.91. The molecule has 0 aliphatic carbocycles. The lowest BCUT2D eigenvalue weighted by atomic mass is 9.89. The number of piperidine rings is 1. The zero-order valence-electron chi connectivity index (χ0n) is 16.8. The number of aromatic nitrogens is 1. The molecular weight excluding hydrogens is 358 g/mol. The third-order valence-electron chi connectivity index (χ3n) is 5.77. The van der Waals surface area contributed by atoms with E-state index in [1.54, 1.807) is 0 Å². The smallest absolute Gasteiger partial charge is 0.391 e. The number of amides is 2. The van der Waals surface area contributed by atoms with Gasteiger partial charge in [0.2, 0.25) is 11.8 Å². The number of rotatable bonds is 4. The number of carbonyl (C=O) groups excluding carboxylic acids is 2. The van der Waals surface area contributed by atoms with Crippen molar-refractivity contribution >= 4 is 12.0 Å². The first-order valence-electron chi connectivity index (χ1n) is 10.1. The lowest BCUT2D eigenvalue weighted by Gasteiger charge is -2.39. The van der Waals surface area contributed by atoms with Gasteiger partial charge in [0.05, 0.1) is 11.6 Å². The highest BCUT2D eigenvalue weighted by atomic mass is 16.6. The predicted octanol–water partition coefficient (Wildman–Crippen LogP) is 1.46. The van der Waals surface area contributed by atoms with Crippen molar-refractivity contribution in [1.82, 2.24) is 20.1 Å². The number of nitrogens with zero attached hydrogens (tertiary/aromatic N) is 3. The van der Waals surface area contributed by atoms with E-state index in [1.807, 2.05) is 4.90 Å². The number of primary amides is 1. The number of hydrogen-bond acceptors (Lipinski definition) is 6. The van der Waals surface area contributed by atoms with Crippen LogP contribution < -0.4 is 15.8 Å². The monoisotopic (exact) mass is 389 g/mol. The minimum absolute atomic E-state index is 0.129. The molecule has 8 heteroatoms. The lowest BCUT2D eigenvalue weighted by molar-refractivity contribution is 0.0885. The number of pyridine rings is 1. The van der Waals surface area contributed by atoms with Gasteiger partial charge in [0.15, 0.2) is 0 Å². The summed E-state index contributed by atoms with van der Waals surface area (Å²) in [6.45, 7) is 8.91. The molecule has 0 radical (unpaired) electrons. The molecule has 3 N–H and O–H groups in total. The topological polar surface area (TPSA) is 101 Å². The molecule has 0 aromatic carbocycles. The zero-order valence-corrected chi connectivity index (χ0v) is 16.8. The Hall–Kier alpha value is -2.19. The first-order valence-corrected chi connectivity index (χ1v) is 10.1. The van der Waals surface area contributed by atoms with Gasteiger partial charge in [0.25, 0.3) is 0 Å². The summed E-state index contributed by atoms with van der Waals surface area (Å²) in [6, 6.07) is 3.61. The van der Waals surface area contributed by atoms with Gasteiger partial charge in [-0.15, -0.1) is 0 Å². The molecule has 1 aromatic heterocycles. The summed E-state index contributed by atoms with van der Waals surface area (Å²) in [4.78, 5) is 32.6. The predicted molar refractivity (Wildman–Crippen MR) is 106 cm³/mol. The fourth-order valence-electron chi connectivity index (χ4n) is 4.10. The summed E-state index contributed by atoms with van der Waals surface area (Å²) in [6.07, 6.45) is 4.01. The SMILES string of the molecule is CC(C)N1CCCN(C(=O)Oc2ccc(C(N)=O)cn2)C(C2CCNCC2)C1. The van der Waals surface area contributed by atoms with E-state index in [2.05, 4.69) is 29.0 Å². The van der Waals surface area contributed by atoms with E-state index in [1.165, 1.54) is 18.3 Å². The van der Waals surface area contributed by atoms with Crippen molar-refractivity contribution in [3.05, 3.63) is 23.9 Å². The van der Waals surface area contributed by atoms with Crippen molar-refractivity contribution in [3.8, 4) is 5.88 Å². The molecule has 1 aromatic rings. The molecule has 3 rings (SSSR count). The van der Waals surface area contributed by atoms with Gasteiger partial charge in [0, 0.05) is 37.9 Å². The molecule has 2 aliphatic heterocycles. The van der Waals surface area contributed by atoms with Gasteiger partial charge in [-0.1, -0.05) is 0 Å². The van der Waals surface area contributed by atoms with Gasteiger partial charge in [-0.25, -0.2) is 9.78 Å². The molecule has 0 saturated carbocycles. The van der Waals surface area contributed by atoms with Crippen molar-refractivity contribution < 1.29 is 14.3 Å². The highest BCUT2D eigenvalue weighted by Gasteiger charge is 2.36. The van der Waals surface area contributed by atoms with Crippen LogP contribution in [0.4, 0.5) is 4.79 Å². The largest absolute Gasteiger partial charge is 0.416 e. The third-order valence-corrected chi connectivity index (χ3v) is 5.77. The summed E-state index contributed by atoms with van der Waals surface area (Å²) >= 11 is 0. The van der Waals surface area contributed by atoms with E-state index in [0.29, 0.717) is 18.5 Å². The first-order chi connectivity index (χ1) is 13.5. The second-order valence-electron chi connectivity index (χ2n) is 7.91. The quantitative estimate of drug-likeness (QED) is 0.809. The Morgan fingerprint density at radius 2 is 2.00 bits per heavy atom. The van der Waals surface area contributed by atoms with Crippen LogP contribution >= 0.6 is 0 Å². The minimum Gasteiger partial charge on any atom is -0.391 e. The van der Waals surface area contributed by atoms with Gasteiger partial charge in [0.1, 0.15) is 0 Å². The number of nitrogens with one attached hydrogen (secondary N) is 1. The van der Waals surface area contributed by atoms with E-state index in [0.717, 1.165) is 45.4 Å². The van der Waals surface area contributed by atoms with Crippen molar-refractivity contribution in [2.45, 2.75) is 45.2 Å². The summed E-state index contributed by atoms with van der Waals surface area (Å²) in [5, 5.41) is 3.41. The Labute approximate surface area is 166 Å². The van der Waals surface area contributed by atoms with E-state index in [-0.39, 0.29) is 23.6 Å². The molecule has 2 amide bonds. The van der Waals surface area contributed by atoms with E-state index in [4.69, 9.17) is 10.5 Å². The molecule has 0 bridgehead atoms. The maximum atomic E-state index is 13.0. The molecule has 1 atom stereocenters. The van der Waals surface area contributed by atoms with Gasteiger partial charge in [-0.3, -0.25) is 9.69 Å². The molecule has 0 spiro atoms. The molecule has 8 nitrogen and oxygen atoms in total. The molecule has 154 valence electrons. The van der Waals surface area contributed by atoms with Crippen LogP contribution in [0, 0.1) is 5.92 Å². The average Bonchev–Trinajstić information content (AvgIpc) is 2.92. The summed E-state index contributed by atoms with van der Waals surface area (Å²) in [5.74, 6) is 0.0833.